The van der Waals surface area contributed by atoms with Crippen LogP contribution in [-0.2, 0) is 0 Å². The van der Waals surface area contributed by atoms with Crippen LogP contribution in [0.2, 0.25) is 0 Å². The fourth-order valence-electron chi connectivity index (χ4n) is 2.56. The molecule has 1 atom stereocenters. The Hall–Kier alpha value is -1.15. The average Bonchev–Trinajstić information content (AvgIpc) is 2.40. The molecule has 2 heteroatoms. The zero-order valence-corrected chi connectivity index (χ0v) is 11.6. The van der Waals surface area contributed by atoms with Gasteiger partial charge in [0.2, 0.25) is 0 Å². The Morgan fingerprint density at radius 1 is 1.33 bits per heavy atom. The Bertz CT molecular complexity index is 409. The SMILES string of the molecule is CCCNC(C1=CCCCC1)c1cccc(C)n1. The summed E-state index contributed by atoms with van der Waals surface area (Å²) in [6.07, 6.45) is 8.69. The van der Waals surface area contributed by atoms with Crippen molar-refractivity contribution in [3.05, 3.63) is 41.2 Å². The predicted molar refractivity (Wildman–Crippen MR) is 76.6 cm³/mol. The molecule has 0 spiro atoms. The van der Waals surface area contributed by atoms with Crippen LogP contribution in [-0.4, -0.2) is 11.5 Å². The summed E-state index contributed by atoms with van der Waals surface area (Å²) in [6.45, 7) is 5.33. The minimum atomic E-state index is 0.324. The van der Waals surface area contributed by atoms with Crippen LogP contribution in [0.3, 0.4) is 0 Å². The molecule has 1 aliphatic rings. The molecule has 1 N–H and O–H groups in total. The summed E-state index contributed by atoms with van der Waals surface area (Å²) in [5.41, 5.74) is 3.82. The lowest BCUT2D eigenvalue weighted by atomic mass is 9.91. The number of nitrogens with one attached hydrogen (secondary N) is 1. The molecular weight excluding hydrogens is 220 g/mol. The lowest BCUT2D eigenvalue weighted by Crippen LogP contribution is -2.25. The number of hydrogen-bond acceptors (Lipinski definition) is 2. The van der Waals surface area contributed by atoms with Crippen LogP contribution in [0.1, 0.15) is 56.5 Å². The van der Waals surface area contributed by atoms with Gasteiger partial charge in [0.15, 0.2) is 0 Å². The fraction of sp³-hybridized carbons (Fsp3) is 0.562. The Balaban J connectivity index is 2.21. The number of aryl methyl sites for hydroxylation is 1. The summed E-state index contributed by atoms with van der Waals surface area (Å²) in [5, 5.41) is 3.65. The third-order valence-corrected chi connectivity index (χ3v) is 3.50. The molecule has 0 aromatic carbocycles. The Kier molecular flexibility index (Phi) is 4.94. The van der Waals surface area contributed by atoms with E-state index in [2.05, 4.69) is 43.4 Å². The predicted octanol–water partition coefficient (Wildman–Crippen LogP) is 3.93. The van der Waals surface area contributed by atoms with Gasteiger partial charge < -0.3 is 5.32 Å². The molecule has 1 aliphatic carbocycles. The van der Waals surface area contributed by atoms with Crippen LogP contribution in [0.5, 0.6) is 0 Å². The Labute approximate surface area is 111 Å². The highest BCUT2D eigenvalue weighted by atomic mass is 14.9. The summed E-state index contributed by atoms with van der Waals surface area (Å²) in [4.78, 5) is 4.70. The number of allylic oxidation sites excluding steroid dienone is 1. The standard InChI is InChI=1S/C16H24N2/c1-3-12-17-16(14-9-5-4-6-10-14)15-11-7-8-13(2)18-15/h7-9,11,16-17H,3-6,10,12H2,1-2H3. The van der Waals surface area contributed by atoms with Crippen molar-refractivity contribution >= 4 is 0 Å². The average molecular weight is 244 g/mol. The first-order chi connectivity index (χ1) is 8.81. The van der Waals surface area contributed by atoms with Gasteiger partial charge in [0.1, 0.15) is 0 Å². The lowest BCUT2D eigenvalue weighted by molar-refractivity contribution is 0.537. The van der Waals surface area contributed by atoms with Crippen LogP contribution >= 0.6 is 0 Å². The van der Waals surface area contributed by atoms with E-state index in [1.165, 1.54) is 37.0 Å². The Morgan fingerprint density at radius 2 is 2.22 bits per heavy atom. The number of aromatic nitrogens is 1. The van der Waals surface area contributed by atoms with Crippen molar-refractivity contribution in [3.8, 4) is 0 Å². The molecule has 98 valence electrons. The molecule has 0 radical (unpaired) electrons. The first-order valence-corrected chi connectivity index (χ1v) is 7.17. The maximum Gasteiger partial charge on any atom is 0.0711 e. The summed E-state index contributed by atoms with van der Waals surface area (Å²) in [7, 11) is 0. The highest BCUT2D eigenvalue weighted by Gasteiger charge is 2.18. The van der Waals surface area contributed by atoms with Gasteiger partial charge in [0.05, 0.1) is 11.7 Å². The maximum absolute atomic E-state index is 4.70. The summed E-state index contributed by atoms with van der Waals surface area (Å²) >= 11 is 0. The van der Waals surface area contributed by atoms with Crippen LogP contribution in [0.4, 0.5) is 0 Å². The highest BCUT2D eigenvalue weighted by Crippen LogP contribution is 2.29. The molecule has 1 aromatic rings. The second-order valence-corrected chi connectivity index (χ2v) is 5.12. The molecule has 0 amide bonds. The second kappa shape index (κ2) is 6.69. The number of nitrogens with zero attached hydrogens (tertiary/aromatic N) is 1. The molecular formula is C16H24N2. The van der Waals surface area contributed by atoms with Crippen LogP contribution < -0.4 is 5.32 Å². The summed E-state index contributed by atoms with van der Waals surface area (Å²) in [5.74, 6) is 0. The van der Waals surface area contributed by atoms with E-state index in [1.807, 2.05) is 0 Å². The minimum absolute atomic E-state index is 0.324. The van der Waals surface area contributed by atoms with Crippen molar-refractivity contribution in [1.29, 1.82) is 0 Å². The molecule has 0 aliphatic heterocycles. The number of hydrogen-bond donors (Lipinski definition) is 1. The van der Waals surface area contributed by atoms with Gasteiger partial charge in [-0.1, -0.05) is 24.6 Å². The molecule has 0 saturated carbocycles. The molecule has 0 saturated heterocycles. The van der Waals surface area contributed by atoms with Crippen LogP contribution in [0.15, 0.2) is 29.8 Å². The van der Waals surface area contributed by atoms with E-state index in [0.717, 1.165) is 18.7 Å². The van der Waals surface area contributed by atoms with E-state index in [4.69, 9.17) is 4.98 Å². The quantitative estimate of drug-likeness (QED) is 0.794. The van der Waals surface area contributed by atoms with Crippen molar-refractivity contribution in [2.75, 3.05) is 6.54 Å². The van der Waals surface area contributed by atoms with Gasteiger partial charge in [-0.05, 0) is 57.7 Å². The van der Waals surface area contributed by atoms with E-state index in [0.29, 0.717) is 6.04 Å². The molecule has 1 unspecified atom stereocenters. The largest absolute Gasteiger partial charge is 0.305 e. The first kappa shape index (κ1) is 13.3. The normalized spacial score (nSPS) is 17.3. The molecule has 1 aromatic heterocycles. The molecule has 0 bridgehead atoms. The minimum Gasteiger partial charge on any atom is -0.305 e. The van der Waals surface area contributed by atoms with Gasteiger partial charge in [0.25, 0.3) is 0 Å². The van der Waals surface area contributed by atoms with Crippen molar-refractivity contribution in [2.24, 2.45) is 0 Å². The van der Waals surface area contributed by atoms with Crippen molar-refractivity contribution in [3.63, 3.8) is 0 Å². The number of pyridine rings is 1. The Morgan fingerprint density at radius 3 is 2.89 bits per heavy atom. The molecule has 0 fully saturated rings. The van der Waals surface area contributed by atoms with Crippen molar-refractivity contribution in [1.82, 2.24) is 10.3 Å². The van der Waals surface area contributed by atoms with Crippen LogP contribution in [0, 0.1) is 6.92 Å². The molecule has 18 heavy (non-hydrogen) atoms. The molecule has 2 nitrogen and oxygen atoms in total. The smallest absolute Gasteiger partial charge is 0.0711 e. The van der Waals surface area contributed by atoms with E-state index in [1.54, 1.807) is 0 Å². The van der Waals surface area contributed by atoms with Crippen molar-refractivity contribution in [2.45, 2.75) is 52.0 Å². The third kappa shape index (κ3) is 3.42. The van der Waals surface area contributed by atoms with E-state index in [-0.39, 0.29) is 0 Å². The van der Waals surface area contributed by atoms with E-state index < -0.39 is 0 Å². The highest BCUT2D eigenvalue weighted by molar-refractivity contribution is 5.25. The first-order valence-electron chi connectivity index (χ1n) is 7.17. The van der Waals surface area contributed by atoms with E-state index >= 15 is 0 Å². The van der Waals surface area contributed by atoms with Gasteiger partial charge in [-0.2, -0.15) is 0 Å². The van der Waals surface area contributed by atoms with E-state index in [9.17, 15) is 0 Å². The summed E-state index contributed by atoms with van der Waals surface area (Å²) < 4.78 is 0. The molecule has 1 heterocycles. The third-order valence-electron chi connectivity index (χ3n) is 3.50. The molecule has 2 rings (SSSR count). The lowest BCUT2D eigenvalue weighted by Gasteiger charge is -2.24. The second-order valence-electron chi connectivity index (χ2n) is 5.12. The zero-order chi connectivity index (χ0) is 12.8. The van der Waals surface area contributed by atoms with Gasteiger partial charge in [0, 0.05) is 5.69 Å². The monoisotopic (exact) mass is 244 g/mol. The summed E-state index contributed by atoms with van der Waals surface area (Å²) in [6, 6.07) is 6.65. The number of rotatable bonds is 5. The topological polar surface area (TPSA) is 24.9 Å². The fourth-order valence-corrected chi connectivity index (χ4v) is 2.56. The van der Waals surface area contributed by atoms with Gasteiger partial charge >= 0.3 is 0 Å². The van der Waals surface area contributed by atoms with Gasteiger partial charge in [-0.15, -0.1) is 0 Å². The zero-order valence-electron chi connectivity index (χ0n) is 11.6. The maximum atomic E-state index is 4.70. The van der Waals surface area contributed by atoms with Gasteiger partial charge in [-0.25, -0.2) is 0 Å². The van der Waals surface area contributed by atoms with Crippen molar-refractivity contribution < 1.29 is 0 Å². The van der Waals surface area contributed by atoms with Gasteiger partial charge in [-0.3, -0.25) is 4.98 Å². The van der Waals surface area contributed by atoms with Crippen LogP contribution in [0.25, 0.3) is 0 Å².